The number of guanidine groups is 1. The molecule has 0 aliphatic heterocycles. The first-order chi connectivity index (χ1) is 15.9. The van der Waals surface area contributed by atoms with E-state index < -0.39 is 60.2 Å². The molecule has 0 saturated heterocycles. The number of carbonyl (C=O) groups excluding carboxylic acids is 4. The van der Waals surface area contributed by atoms with Crippen molar-refractivity contribution < 1.29 is 29.1 Å². The zero-order valence-electron chi connectivity index (χ0n) is 19.3. The topological polar surface area (TPSA) is 284 Å². The number of amides is 4. The molecule has 0 fully saturated rings. The van der Waals surface area contributed by atoms with Crippen LogP contribution in [0.15, 0.2) is 4.99 Å². The molecule has 4 atom stereocenters. The van der Waals surface area contributed by atoms with E-state index in [0.29, 0.717) is 25.8 Å². The Morgan fingerprint density at radius 1 is 0.853 bits per heavy atom. The third kappa shape index (κ3) is 13.2. The minimum Gasteiger partial charge on any atom is -0.480 e. The molecule has 0 aromatic rings. The van der Waals surface area contributed by atoms with Gasteiger partial charge in [0.2, 0.25) is 23.6 Å². The van der Waals surface area contributed by atoms with Crippen molar-refractivity contribution in [2.45, 2.75) is 69.6 Å². The Labute approximate surface area is 197 Å². The zero-order valence-corrected chi connectivity index (χ0v) is 19.3. The lowest BCUT2D eigenvalue weighted by atomic mass is 10.1. The summed E-state index contributed by atoms with van der Waals surface area (Å²) in [5.74, 6) is -4.67. The number of nitrogens with one attached hydrogen (secondary N) is 3. The molecular formula is C19H37N9O6. The maximum Gasteiger partial charge on any atom is 0.326 e. The highest BCUT2D eigenvalue weighted by molar-refractivity contribution is 5.95. The molecule has 14 N–H and O–H groups in total. The van der Waals surface area contributed by atoms with Gasteiger partial charge in [-0.2, -0.15) is 0 Å². The SMILES string of the molecule is CC(NC(=O)C(N)CCCCN)C(=O)NC(CC(N)=O)C(=O)NC(CCCN=C(N)N)C(=O)O. The van der Waals surface area contributed by atoms with Crippen molar-refractivity contribution in [2.75, 3.05) is 13.1 Å². The first kappa shape index (κ1) is 30.5. The molecule has 15 nitrogen and oxygen atoms in total. The highest BCUT2D eigenvalue weighted by Crippen LogP contribution is 2.03. The Balaban J connectivity index is 5.04. The molecule has 0 saturated carbocycles. The summed E-state index contributed by atoms with van der Waals surface area (Å²) >= 11 is 0. The van der Waals surface area contributed by atoms with Crippen LogP contribution in [0.2, 0.25) is 0 Å². The number of aliphatic imine (C=N–C) groups is 1. The van der Waals surface area contributed by atoms with Crippen LogP contribution in [0.25, 0.3) is 0 Å². The van der Waals surface area contributed by atoms with Crippen LogP contribution >= 0.6 is 0 Å². The molecule has 194 valence electrons. The normalized spacial score (nSPS) is 14.1. The van der Waals surface area contributed by atoms with Crippen molar-refractivity contribution >= 4 is 35.6 Å². The van der Waals surface area contributed by atoms with Crippen LogP contribution in [0.1, 0.15) is 45.4 Å². The van der Waals surface area contributed by atoms with Crippen molar-refractivity contribution in [1.29, 1.82) is 0 Å². The molecular weight excluding hydrogens is 450 g/mol. The molecule has 34 heavy (non-hydrogen) atoms. The fourth-order valence-corrected chi connectivity index (χ4v) is 2.77. The van der Waals surface area contributed by atoms with E-state index in [1.54, 1.807) is 0 Å². The Morgan fingerprint density at radius 3 is 2.00 bits per heavy atom. The summed E-state index contributed by atoms with van der Waals surface area (Å²) in [5.41, 5.74) is 26.7. The second-order valence-electron chi connectivity index (χ2n) is 7.70. The van der Waals surface area contributed by atoms with E-state index in [4.69, 9.17) is 28.7 Å². The van der Waals surface area contributed by atoms with Crippen LogP contribution in [-0.2, 0) is 24.0 Å². The van der Waals surface area contributed by atoms with Gasteiger partial charge in [-0.3, -0.25) is 24.2 Å². The number of carboxylic acid groups (broad SMARTS) is 1. The van der Waals surface area contributed by atoms with Crippen LogP contribution in [0.5, 0.6) is 0 Å². The number of primary amides is 1. The van der Waals surface area contributed by atoms with Gasteiger partial charge >= 0.3 is 5.97 Å². The Kier molecular flexibility index (Phi) is 14.6. The lowest BCUT2D eigenvalue weighted by Gasteiger charge is -2.23. The minimum absolute atomic E-state index is 0.0103. The van der Waals surface area contributed by atoms with Crippen molar-refractivity contribution in [3.05, 3.63) is 0 Å². The summed E-state index contributed by atoms with van der Waals surface area (Å²) < 4.78 is 0. The smallest absolute Gasteiger partial charge is 0.326 e. The monoisotopic (exact) mass is 487 g/mol. The Morgan fingerprint density at radius 2 is 1.47 bits per heavy atom. The number of nitrogens with two attached hydrogens (primary N) is 5. The number of hydrogen-bond donors (Lipinski definition) is 9. The number of carbonyl (C=O) groups is 5. The highest BCUT2D eigenvalue weighted by Gasteiger charge is 2.29. The summed E-state index contributed by atoms with van der Waals surface area (Å²) in [6.07, 6.45) is 1.37. The van der Waals surface area contributed by atoms with Crippen molar-refractivity contribution in [1.82, 2.24) is 16.0 Å². The number of nitrogens with zero attached hydrogens (tertiary/aromatic N) is 1. The van der Waals surface area contributed by atoms with E-state index in [2.05, 4.69) is 20.9 Å². The van der Waals surface area contributed by atoms with E-state index in [0.717, 1.165) is 0 Å². The number of carboxylic acids is 1. The van der Waals surface area contributed by atoms with Crippen molar-refractivity contribution in [3.8, 4) is 0 Å². The molecule has 0 aromatic carbocycles. The fourth-order valence-electron chi connectivity index (χ4n) is 2.77. The minimum atomic E-state index is -1.46. The molecule has 0 aliphatic carbocycles. The van der Waals surface area contributed by atoms with E-state index in [1.807, 2.05) is 0 Å². The fraction of sp³-hybridized carbons (Fsp3) is 0.684. The van der Waals surface area contributed by atoms with Crippen molar-refractivity contribution in [3.63, 3.8) is 0 Å². The van der Waals surface area contributed by atoms with E-state index in [9.17, 15) is 29.1 Å². The Bertz CT molecular complexity index is 742. The quantitative estimate of drug-likeness (QED) is 0.0543. The third-order valence-electron chi connectivity index (χ3n) is 4.66. The number of hydrogen-bond acceptors (Lipinski definition) is 8. The van der Waals surface area contributed by atoms with Crippen LogP contribution in [0.3, 0.4) is 0 Å². The number of rotatable bonds is 17. The molecule has 0 aliphatic rings. The average molecular weight is 488 g/mol. The maximum absolute atomic E-state index is 12.6. The summed E-state index contributed by atoms with van der Waals surface area (Å²) in [6.45, 7) is 1.98. The molecule has 0 aromatic heterocycles. The highest BCUT2D eigenvalue weighted by atomic mass is 16.4. The predicted molar refractivity (Wildman–Crippen MR) is 124 cm³/mol. The number of aliphatic carboxylic acids is 1. The van der Waals surface area contributed by atoms with Crippen molar-refractivity contribution in [2.24, 2.45) is 33.7 Å². The zero-order chi connectivity index (χ0) is 26.3. The summed E-state index contributed by atoms with van der Waals surface area (Å²) in [7, 11) is 0. The standard InChI is InChI=1S/C19H37N9O6/c1-10(26-16(31)11(21)5-2-3-7-20)15(30)28-13(9-14(22)29)17(32)27-12(18(33)34)6-4-8-25-19(23)24/h10-13H,2-9,20-21H2,1H3,(H2,22,29)(H,26,31)(H,27,32)(H,28,30)(H,33,34)(H4,23,24,25). The van der Waals surface area contributed by atoms with Crippen LogP contribution in [0.4, 0.5) is 0 Å². The van der Waals surface area contributed by atoms with Gasteiger partial charge in [-0.15, -0.1) is 0 Å². The van der Waals surface area contributed by atoms with Gasteiger partial charge < -0.3 is 49.7 Å². The predicted octanol–water partition coefficient (Wildman–Crippen LogP) is -4.07. The van der Waals surface area contributed by atoms with Gasteiger partial charge in [0.05, 0.1) is 12.5 Å². The van der Waals surface area contributed by atoms with Crippen LogP contribution in [-0.4, -0.2) is 77.9 Å². The second kappa shape index (κ2) is 16.2. The first-order valence-corrected chi connectivity index (χ1v) is 10.8. The van der Waals surface area contributed by atoms with Gasteiger partial charge in [-0.05, 0) is 39.2 Å². The van der Waals surface area contributed by atoms with Crippen LogP contribution in [0, 0.1) is 0 Å². The molecule has 0 rings (SSSR count). The first-order valence-electron chi connectivity index (χ1n) is 10.8. The lowest BCUT2D eigenvalue weighted by Crippen LogP contribution is -2.57. The molecule has 0 spiro atoms. The van der Waals surface area contributed by atoms with Gasteiger partial charge in [-0.1, -0.05) is 6.42 Å². The molecule has 0 radical (unpaired) electrons. The number of unbranched alkanes of at least 4 members (excludes halogenated alkanes) is 1. The van der Waals surface area contributed by atoms with E-state index in [-0.39, 0.29) is 25.3 Å². The average Bonchev–Trinajstić information content (AvgIpc) is 2.74. The summed E-state index contributed by atoms with van der Waals surface area (Å²) in [6, 6.07) is -4.72. The summed E-state index contributed by atoms with van der Waals surface area (Å²) in [4.78, 5) is 63.8. The Hall–Kier alpha value is -3.46. The molecule has 15 heteroatoms. The van der Waals surface area contributed by atoms with Gasteiger partial charge in [0.1, 0.15) is 18.1 Å². The second-order valence-corrected chi connectivity index (χ2v) is 7.70. The lowest BCUT2D eigenvalue weighted by molar-refractivity contribution is -0.142. The van der Waals surface area contributed by atoms with Gasteiger partial charge in [0, 0.05) is 6.54 Å². The third-order valence-corrected chi connectivity index (χ3v) is 4.66. The van der Waals surface area contributed by atoms with Gasteiger partial charge in [0.15, 0.2) is 5.96 Å². The van der Waals surface area contributed by atoms with E-state index >= 15 is 0 Å². The van der Waals surface area contributed by atoms with Gasteiger partial charge in [0.25, 0.3) is 0 Å². The van der Waals surface area contributed by atoms with Crippen LogP contribution < -0.4 is 44.6 Å². The maximum atomic E-state index is 12.6. The molecule has 4 amide bonds. The molecule has 0 heterocycles. The largest absolute Gasteiger partial charge is 0.480 e. The van der Waals surface area contributed by atoms with Gasteiger partial charge in [-0.25, -0.2) is 4.79 Å². The summed E-state index contributed by atoms with van der Waals surface area (Å²) in [5, 5.41) is 16.3. The molecule has 0 bridgehead atoms. The molecule has 4 unspecified atom stereocenters. The van der Waals surface area contributed by atoms with E-state index in [1.165, 1.54) is 6.92 Å².